The monoisotopic (exact) mass is 414 g/mol. The number of imide groups is 1. The Morgan fingerprint density at radius 2 is 2.12 bits per heavy atom. The van der Waals surface area contributed by atoms with Crippen LogP contribution >= 0.6 is 27.5 Å². The molecule has 0 bridgehead atoms. The summed E-state index contributed by atoms with van der Waals surface area (Å²) in [5, 5.41) is 2.96. The number of ether oxygens (including phenoxy) is 1. The predicted octanol–water partition coefficient (Wildman–Crippen LogP) is 3.04. The average Bonchev–Trinajstić information content (AvgIpc) is 3.29. The molecular weight excluding hydrogens is 400 g/mol. The number of urea groups is 1. The molecule has 2 fully saturated rings. The van der Waals surface area contributed by atoms with Crippen LogP contribution in [0.3, 0.4) is 0 Å². The number of carbonyl (C=O) groups excluding carboxylic acids is 3. The molecule has 3 amide bonds. The molecule has 1 aromatic rings. The van der Waals surface area contributed by atoms with E-state index in [2.05, 4.69) is 21.2 Å². The summed E-state index contributed by atoms with van der Waals surface area (Å²) in [6, 6.07) is 2.80. The van der Waals surface area contributed by atoms with E-state index in [1.807, 2.05) is 0 Å². The molecule has 0 radical (unpaired) electrons. The van der Waals surface area contributed by atoms with Crippen molar-refractivity contribution in [2.24, 2.45) is 5.92 Å². The van der Waals surface area contributed by atoms with Crippen LogP contribution in [-0.2, 0) is 9.59 Å². The third-order valence-corrected chi connectivity index (χ3v) is 5.13. The Morgan fingerprint density at radius 3 is 2.71 bits per heavy atom. The van der Waals surface area contributed by atoms with Crippen LogP contribution in [-0.4, -0.2) is 34.9 Å². The van der Waals surface area contributed by atoms with Crippen molar-refractivity contribution in [1.29, 1.82) is 0 Å². The van der Waals surface area contributed by atoms with Gasteiger partial charge in [0.2, 0.25) is 0 Å². The lowest BCUT2D eigenvalue weighted by Gasteiger charge is -2.20. The number of carbonyl (C=O) groups is 3. The minimum atomic E-state index is -0.914. The van der Waals surface area contributed by atoms with Gasteiger partial charge in [-0.2, -0.15) is 0 Å². The first-order chi connectivity index (χ1) is 11.2. The number of aryl methyl sites for hydroxylation is 1. The fraction of sp³-hybridized carbons (Fsp3) is 0.438. The lowest BCUT2D eigenvalue weighted by atomic mass is 9.96. The van der Waals surface area contributed by atoms with Gasteiger partial charge in [-0.1, -0.05) is 27.5 Å². The van der Waals surface area contributed by atoms with Crippen molar-refractivity contribution in [3.63, 3.8) is 0 Å². The highest BCUT2D eigenvalue weighted by Crippen LogP contribution is 2.42. The van der Waals surface area contributed by atoms with E-state index in [1.165, 1.54) is 0 Å². The molecule has 6 nitrogen and oxygen atoms in total. The van der Waals surface area contributed by atoms with Crippen LogP contribution in [0.1, 0.15) is 25.3 Å². The highest BCUT2D eigenvalue weighted by atomic mass is 79.9. The summed E-state index contributed by atoms with van der Waals surface area (Å²) in [5.74, 6) is -0.739. The first-order valence-electron chi connectivity index (χ1n) is 7.53. The first kappa shape index (κ1) is 17.2. The SMILES string of the molecule is Cc1cc(Br)cc(Cl)c1OC(=O)CN1C(=O)N[C@](C)(C2CC2)C1=O. The standard InChI is InChI=1S/C16H16BrClN2O4/c1-8-5-10(17)6-11(18)13(8)24-12(21)7-20-14(22)16(2,9-3-4-9)19-15(20)23/h5-6,9H,3-4,7H2,1-2H3,(H,19,23)/t16-/m1/s1. The molecule has 0 spiro atoms. The Hall–Kier alpha value is -1.60. The van der Waals surface area contributed by atoms with Gasteiger partial charge in [-0.25, -0.2) is 9.59 Å². The zero-order chi connectivity index (χ0) is 17.6. The van der Waals surface area contributed by atoms with Crippen LogP contribution in [0.4, 0.5) is 4.79 Å². The Balaban J connectivity index is 1.72. The van der Waals surface area contributed by atoms with Gasteiger partial charge in [0.15, 0.2) is 5.75 Å². The van der Waals surface area contributed by atoms with Gasteiger partial charge in [0.25, 0.3) is 5.91 Å². The lowest BCUT2D eigenvalue weighted by molar-refractivity contribution is -0.141. The van der Waals surface area contributed by atoms with Crippen molar-refractivity contribution in [3.8, 4) is 5.75 Å². The van der Waals surface area contributed by atoms with Gasteiger partial charge in [0.05, 0.1) is 5.02 Å². The van der Waals surface area contributed by atoms with Gasteiger partial charge in [-0.05, 0) is 50.3 Å². The second kappa shape index (κ2) is 6.04. The number of esters is 1. The molecule has 1 heterocycles. The van der Waals surface area contributed by atoms with Crippen molar-refractivity contribution in [3.05, 3.63) is 27.2 Å². The highest BCUT2D eigenvalue weighted by Gasteiger charge is 2.56. The largest absolute Gasteiger partial charge is 0.423 e. The fourth-order valence-corrected chi connectivity index (χ4v) is 3.90. The Kier molecular flexibility index (Phi) is 4.34. The Morgan fingerprint density at radius 1 is 1.46 bits per heavy atom. The van der Waals surface area contributed by atoms with Crippen LogP contribution < -0.4 is 10.1 Å². The third-order valence-electron chi connectivity index (χ3n) is 4.39. The zero-order valence-electron chi connectivity index (χ0n) is 13.2. The van der Waals surface area contributed by atoms with E-state index in [4.69, 9.17) is 16.3 Å². The normalized spacial score (nSPS) is 23.4. The van der Waals surface area contributed by atoms with E-state index in [1.54, 1.807) is 26.0 Å². The van der Waals surface area contributed by atoms with Gasteiger partial charge >= 0.3 is 12.0 Å². The summed E-state index contributed by atoms with van der Waals surface area (Å²) in [6.45, 7) is 3.00. The molecule has 1 aliphatic heterocycles. The van der Waals surface area contributed by atoms with E-state index in [0.717, 1.165) is 22.2 Å². The summed E-state index contributed by atoms with van der Waals surface area (Å²) in [6.07, 6.45) is 1.79. The molecule has 1 aliphatic carbocycles. The number of rotatable bonds is 4. The minimum absolute atomic E-state index is 0.137. The smallest absolute Gasteiger partial charge is 0.331 e. The molecule has 3 rings (SSSR count). The molecule has 24 heavy (non-hydrogen) atoms. The maximum absolute atomic E-state index is 12.5. The minimum Gasteiger partial charge on any atom is -0.423 e. The number of hydrogen-bond donors (Lipinski definition) is 1. The van der Waals surface area contributed by atoms with Crippen LogP contribution in [0.2, 0.25) is 5.02 Å². The molecular formula is C16H16BrClN2O4. The fourth-order valence-electron chi connectivity index (χ4n) is 2.89. The number of amides is 3. The summed E-state index contributed by atoms with van der Waals surface area (Å²) in [5.41, 5.74) is -0.245. The molecule has 1 saturated carbocycles. The maximum Gasteiger partial charge on any atom is 0.331 e. The van der Waals surface area contributed by atoms with Crippen LogP contribution in [0.15, 0.2) is 16.6 Å². The number of nitrogens with one attached hydrogen (secondary N) is 1. The van der Waals surface area contributed by atoms with Gasteiger partial charge in [0, 0.05) is 4.47 Å². The second-order valence-corrected chi connectivity index (χ2v) is 7.63. The van der Waals surface area contributed by atoms with E-state index in [9.17, 15) is 14.4 Å². The molecule has 8 heteroatoms. The highest BCUT2D eigenvalue weighted by molar-refractivity contribution is 9.10. The molecule has 1 saturated heterocycles. The molecule has 128 valence electrons. The van der Waals surface area contributed by atoms with Crippen molar-refractivity contribution in [2.45, 2.75) is 32.2 Å². The van der Waals surface area contributed by atoms with Crippen LogP contribution in [0.5, 0.6) is 5.75 Å². The number of nitrogens with zero attached hydrogens (tertiary/aromatic N) is 1. The summed E-state index contributed by atoms with van der Waals surface area (Å²) in [7, 11) is 0. The van der Waals surface area contributed by atoms with Gasteiger partial charge in [0.1, 0.15) is 12.1 Å². The van der Waals surface area contributed by atoms with E-state index in [-0.39, 0.29) is 22.6 Å². The van der Waals surface area contributed by atoms with Crippen molar-refractivity contribution in [1.82, 2.24) is 10.2 Å². The average molecular weight is 416 g/mol. The van der Waals surface area contributed by atoms with E-state index >= 15 is 0 Å². The molecule has 0 unspecified atom stereocenters. The number of benzene rings is 1. The maximum atomic E-state index is 12.5. The molecule has 2 aliphatic rings. The lowest BCUT2D eigenvalue weighted by Crippen LogP contribution is -2.46. The number of halogens is 2. The van der Waals surface area contributed by atoms with Gasteiger partial charge < -0.3 is 10.1 Å². The quantitative estimate of drug-likeness (QED) is 0.466. The first-order valence-corrected chi connectivity index (χ1v) is 8.70. The molecule has 0 aromatic heterocycles. The summed E-state index contributed by atoms with van der Waals surface area (Å²) in [4.78, 5) is 37.6. The second-order valence-electron chi connectivity index (χ2n) is 6.31. The number of hydrogen-bond acceptors (Lipinski definition) is 4. The van der Waals surface area contributed by atoms with E-state index in [0.29, 0.717) is 5.56 Å². The molecule has 1 aromatic carbocycles. The summed E-state index contributed by atoms with van der Waals surface area (Å²) >= 11 is 9.38. The Bertz CT molecular complexity index is 727. The third kappa shape index (κ3) is 3.02. The van der Waals surface area contributed by atoms with Crippen LogP contribution in [0, 0.1) is 12.8 Å². The molecule has 1 N–H and O–H groups in total. The Labute approximate surface area is 152 Å². The van der Waals surface area contributed by atoms with Crippen LogP contribution in [0.25, 0.3) is 0 Å². The molecule has 1 atom stereocenters. The van der Waals surface area contributed by atoms with Gasteiger partial charge in [-0.15, -0.1) is 0 Å². The van der Waals surface area contributed by atoms with Crippen molar-refractivity contribution >= 4 is 45.4 Å². The van der Waals surface area contributed by atoms with Crippen molar-refractivity contribution < 1.29 is 19.1 Å². The topological polar surface area (TPSA) is 75.7 Å². The summed E-state index contributed by atoms with van der Waals surface area (Å²) < 4.78 is 6.03. The predicted molar refractivity (Wildman–Crippen MR) is 90.9 cm³/mol. The van der Waals surface area contributed by atoms with E-state index < -0.39 is 24.1 Å². The zero-order valence-corrected chi connectivity index (χ0v) is 15.5. The van der Waals surface area contributed by atoms with Gasteiger partial charge in [-0.3, -0.25) is 9.69 Å². The van der Waals surface area contributed by atoms with Crippen molar-refractivity contribution in [2.75, 3.05) is 6.54 Å².